The Morgan fingerprint density at radius 2 is 0.933 bits per heavy atom. The fourth-order valence-electron chi connectivity index (χ4n) is 1.01. The molecule has 0 bridgehead atoms. The Labute approximate surface area is 85.3 Å². The summed E-state index contributed by atoms with van der Waals surface area (Å²) in [4.78, 5) is 0. The van der Waals surface area contributed by atoms with Gasteiger partial charge in [-0.15, -0.1) is 0 Å². The molecule has 0 aliphatic carbocycles. The van der Waals surface area contributed by atoms with Crippen LogP contribution in [0.3, 0.4) is 0 Å². The van der Waals surface area contributed by atoms with Crippen LogP contribution in [0.15, 0.2) is 38.0 Å². The van der Waals surface area contributed by atoms with Crippen LogP contribution < -0.4 is 0 Å². The molecule has 0 amide bonds. The number of allylic oxidation sites excluding steroid dienone is 3. The van der Waals surface area contributed by atoms with Crippen LogP contribution in [-0.4, -0.2) is 17.7 Å². The van der Waals surface area contributed by atoms with Crippen LogP contribution in [0.1, 0.15) is 0 Å². The second kappa shape index (κ2) is 4.44. The van der Waals surface area contributed by atoms with Gasteiger partial charge in [0, 0.05) is 0 Å². The zero-order valence-electron chi connectivity index (χ0n) is 7.92. The van der Waals surface area contributed by atoms with E-state index >= 15 is 0 Å². The number of halogens is 5. The average Bonchev–Trinajstić information content (AvgIpc) is 2.25. The molecule has 0 aliphatic rings. The molecule has 0 rings (SSSR count). The fourth-order valence-corrected chi connectivity index (χ4v) is 3.04. The summed E-state index contributed by atoms with van der Waals surface area (Å²) in [6.45, 7) is 8.34. The van der Waals surface area contributed by atoms with Gasteiger partial charge >= 0.3 is 84.5 Å². The third-order valence-electron chi connectivity index (χ3n) is 2.00. The second-order valence-corrected chi connectivity index (χ2v) is 6.59. The van der Waals surface area contributed by atoms with Crippen molar-refractivity contribution < 1.29 is 21.6 Å². The summed E-state index contributed by atoms with van der Waals surface area (Å²) in [6, 6.07) is 0. The van der Waals surface area contributed by atoms with Gasteiger partial charge in [0.15, 0.2) is 0 Å². The summed E-state index contributed by atoms with van der Waals surface area (Å²) in [7, 11) is -6.90. The van der Waals surface area contributed by atoms with E-state index in [0.29, 0.717) is 0 Å². The third-order valence-corrected chi connectivity index (χ3v) is 5.46. The monoisotopic (exact) mass is 246 g/mol. The quantitative estimate of drug-likeness (QED) is 0.360. The molecule has 0 nitrogen and oxygen atoms in total. The predicted octanol–water partition coefficient (Wildman–Crippen LogP) is 4.75. The molecule has 0 heterocycles. The molecule has 0 aliphatic heterocycles. The summed E-state index contributed by atoms with van der Waals surface area (Å²) < 4.78 is 66.7. The Balaban J connectivity index is 5.63. The Morgan fingerprint density at radius 1 is 0.733 bits per heavy atom. The van der Waals surface area contributed by atoms with Crippen molar-refractivity contribution in [3.05, 3.63) is 38.0 Å². The van der Waals surface area contributed by atoms with E-state index in [9.17, 15) is 21.6 Å². The van der Waals surface area contributed by atoms with Gasteiger partial charge in [0.25, 0.3) is 0 Å². The van der Waals surface area contributed by atoms with E-state index in [0.717, 1.165) is 0 Å². The van der Waals surface area contributed by atoms with Crippen LogP contribution >= 0.6 is 7.22 Å². The Morgan fingerprint density at radius 3 is 1.07 bits per heavy atom. The van der Waals surface area contributed by atoms with Crippen LogP contribution in [0.5, 0.6) is 0 Å². The molecule has 88 valence electrons. The maximum absolute atomic E-state index is 13.8. The predicted molar refractivity (Wildman–Crippen MR) is 54.4 cm³/mol. The molecule has 0 aromatic rings. The minimum atomic E-state index is -6.90. The molecule has 0 saturated heterocycles. The molecule has 0 saturated carbocycles. The van der Waals surface area contributed by atoms with Gasteiger partial charge in [-0.05, 0) is 0 Å². The van der Waals surface area contributed by atoms with Gasteiger partial charge in [0.1, 0.15) is 0 Å². The topological polar surface area (TPSA) is 0 Å². The molecule has 0 aromatic carbocycles. The molecule has 3 atom stereocenters. The maximum atomic E-state index is 13.8. The minimum absolute atomic E-state index is 0.198. The van der Waals surface area contributed by atoms with Gasteiger partial charge in [-0.1, -0.05) is 0 Å². The Bertz CT molecular complexity index is 233. The molecule has 15 heavy (non-hydrogen) atoms. The molecular weight excluding hydrogens is 234 g/mol. The van der Waals surface area contributed by atoms with Crippen molar-refractivity contribution in [1.29, 1.82) is 0 Å². The van der Waals surface area contributed by atoms with E-state index in [1.807, 2.05) is 0 Å². The number of hydrogen-bond donors (Lipinski definition) is 0. The van der Waals surface area contributed by atoms with Crippen LogP contribution in [0, 0.1) is 0 Å². The van der Waals surface area contributed by atoms with Gasteiger partial charge in [0.2, 0.25) is 0 Å². The molecule has 3 unspecified atom stereocenters. The first-order chi connectivity index (χ1) is 6.75. The second-order valence-electron chi connectivity index (χ2n) is 2.92. The van der Waals surface area contributed by atoms with Crippen molar-refractivity contribution in [1.82, 2.24) is 0 Å². The van der Waals surface area contributed by atoms with Gasteiger partial charge in [-0.2, -0.15) is 0 Å². The van der Waals surface area contributed by atoms with E-state index in [-0.39, 0.29) is 18.2 Å². The molecule has 6 heteroatoms. The van der Waals surface area contributed by atoms with Crippen molar-refractivity contribution in [2.45, 2.75) is 17.7 Å². The summed E-state index contributed by atoms with van der Waals surface area (Å²) in [5, 5.41) is 0. The third kappa shape index (κ3) is 1.98. The average molecular weight is 246 g/mol. The summed E-state index contributed by atoms with van der Waals surface area (Å²) in [6.07, 6.45) is 0.595. The standard InChI is InChI=1S/C9H12F5P/c1-4-7(10)15(13,14,8(11)5-2)9(12)6-3/h4-9H,1-3H2. The zero-order valence-corrected chi connectivity index (χ0v) is 8.82. The normalized spacial score (nSPS) is 20.5. The van der Waals surface area contributed by atoms with Crippen molar-refractivity contribution in [2.24, 2.45) is 0 Å². The van der Waals surface area contributed by atoms with Crippen molar-refractivity contribution in [2.75, 3.05) is 0 Å². The Hall–Kier alpha value is -0.700. The van der Waals surface area contributed by atoms with E-state index in [1.165, 1.54) is 0 Å². The van der Waals surface area contributed by atoms with Gasteiger partial charge in [0.05, 0.1) is 0 Å². The molecule has 0 fully saturated rings. The SMILES string of the molecule is C=CC(F)P(F)(F)(C(F)C=C)C(F)C=C. The van der Waals surface area contributed by atoms with Crippen LogP contribution in [0.25, 0.3) is 0 Å². The fraction of sp³-hybridized carbons (Fsp3) is 0.333. The molecule has 0 spiro atoms. The summed E-state index contributed by atoms with van der Waals surface area (Å²) >= 11 is 0. The van der Waals surface area contributed by atoms with Crippen LogP contribution in [0.4, 0.5) is 21.6 Å². The van der Waals surface area contributed by atoms with E-state index in [1.54, 1.807) is 0 Å². The van der Waals surface area contributed by atoms with Gasteiger partial charge in [-0.3, -0.25) is 0 Å². The van der Waals surface area contributed by atoms with E-state index in [2.05, 4.69) is 19.7 Å². The molecule has 0 N–H and O–H groups in total. The van der Waals surface area contributed by atoms with Gasteiger partial charge < -0.3 is 0 Å². The van der Waals surface area contributed by atoms with Crippen LogP contribution in [0.2, 0.25) is 0 Å². The van der Waals surface area contributed by atoms with Crippen molar-refractivity contribution in [3.8, 4) is 0 Å². The first-order valence-electron chi connectivity index (χ1n) is 3.99. The number of alkyl halides is 3. The van der Waals surface area contributed by atoms with Crippen molar-refractivity contribution in [3.63, 3.8) is 0 Å². The number of hydrogen-bond acceptors (Lipinski definition) is 0. The first-order valence-corrected chi connectivity index (χ1v) is 6.22. The zero-order chi connectivity index (χ0) is 12.3. The number of rotatable bonds is 6. The molecule has 0 radical (unpaired) electrons. The van der Waals surface area contributed by atoms with Gasteiger partial charge in [-0.25, -0.2) is 0 Å². The first kappa shape index (κ1) is 14.3. The summed E-state index contributed by atoms with van der Waals surface area (Å²) in [5.41, 5.74) is 0. The van der Waals surface area contributed by atoms with E-state index in [4.69, 9.17) is 0 Å². The van der Waals surface area contributed by atoms with Crippen molar-refractivity contribution >= 4 is 7.22 Å². The molecular formula is C9H12F5P. The Kier molecular flexibility index (Phi) is 4.23. The van der Waals surface area contributed by atoms with Crippen LogP contribution in [-0.2, 0) is 0 Å². The summed E-state index contributed by atoms with van der Waals surface area (Å²) in [5.74, 6) is -9.13. The molecule has 0 aromatic heterocycles. The van der Waals surface area contributed by atoms with E-state index < -0.39 is 25.0 Å².